The number of unbranched alkanes of at least 4 members (excludes halogenated alkanes) is 1. The predicted octanol–water partition coefficient (Wildman–Crippen LogP) is 1.82. The fourth-order valence-electron chi connectivity index (χ4n) is 0.539. The smallest absolute Gasteiger partial charge is 0.308 e. The molecule has 0 saturated heterocycles. The second-order valence-corrected chi connectivity index (χ2v) is 2.23. The van der Waals surface area contributed by atoms with E-state index in [-0.39, 0.29) is 6.42 Å². The first-order chi connectivity index (χ1) is 5.16. The van der Waals surface area contributed by atoms with Gasteiger partial charge in [0.05, 0.1) is 6.42 Å². The number of carbonyl (C=O) groups is 1. The topological polar surface area (TPSA) is 37.3 Å². The molecule has 0 heterocycles. The maximum atomic E-state index is 10.1. The van der Waals surface area contributed by atoms with E-state index in [1.807, 2.05) is 6.92 Å². The molecule has 0 aliphatic carbocycles. The summed E-state index contributed by atoms with van der Waals surface area (Å²) in [6.45, 7) is 5.53. The molecule has 0 fully saturated rings. The molecular weight excluding hydrogens is 140 g/mol. The number of hydrogen-bond donors (Lipinski definition) is 1. The Morgan fingerprint density at radius 3 is 2.73 bits per heavy atom. The molecule has 0 radical (unpaired) electrons. The second kappa shape index (κ2) is 5.55. The van der Waals surface area contributed by atoms with E-state index in [4.69, 9.17) is 5.11 Å². The van der Waals surface area contributed by atoms with E-state index in [2.05, 4.69) is 18.4 Å². The molecule has 0 aliphatic heterocycles. The van der Waals surface area contributed by atoms with Crippen LogP contribution in [-0.2, 0) is 4.79 Å². The maximum absolute atomic E-state index is 10.1. The summed E-state index contributed by atoms with van der Waals surface area (Å²) in [4.78, 5) is 10.1. The average Bonchev–Trinajstić information content (AvgIpc) is 1.86. The van der Waals surface area contributed by atoms with Crippen molar-refractivity contribution in [2.45, 2.75) is 26.2 Å². The average molecular weight is 152 g/mol. The highest BCUT2D eigenvalue weighted by molar-refractivity contribution is 5.71. The number of carboxylic acid groups (broad SMARTS) is 1. The molecule has 0 spiro atoms. The highest BCUT2D eigenvalue weighted by atomic mass is 16.4. The first-order valence-electron chi connectivity index (χ1n) is 3.55. The van der Waals surface area contributed by atoms with Crippen molar-refractivity contribution in [2.75, 3.05) is 0 Å². The Morgan fingerprint density at radius 1 is 1.64 bits per heavy atom. The minimum atomic E-state index is -0.874. The third kappa shape index (κ3) is 6.66. The molecule has 0 saturated carbocycles. The van der Waals surface area contributed by atoms with Crippen LogP contribution in [0.4, 0.5) is 0 Å². The lowest BCUT2D eigenvalue weighted by atomic mass is 10.2. The molecule has 2 heteroatoms. The van der Waals surface area contributed by atoms with Gasteiger partial charge in [-0.15, -0.1) is 0 Å². The summed E-state index contributed by atoms with van der Waals surface area (Å²) in [5.41, 5.74) is 0.478. The van der Waals surface area contributed by atoms with Crippen LogP contribution in [0.15, 0.2) is 12.2 Å². The zero-order valence-corrected chi connectivity index (χ0v) is 6.68. The molecular formula is C9H12O2. The molecule has 2 nitrogen and oxygen atoms in total. The zero-order chi connectivity index (χ0) is 8.69. The fourth-order valence-corrected chi connectivity index (χ4v) is 0.539. The van der Waals surface area contributed by atoms with E-state index in [1.54, 1.807) is 0 Å². The van der Waals surface area contributed by atoms with Gasteiger partial charge < -0.3 is 5.11 Å². The van der Waals surface area contributed by atoms with Gasteiger partial charge in [-0.3, -0.25) is 4.79 Å². The molecule has 11 heavy (non-hydrogen) atoms. The van der Waals surface area contributed by atoms with Crippen LogP contribution in [0.3, 0.4) is 0 Å². The van der Waals surface area contributed by atoms with Crippen LogP contribution in [0.1, 0.15) is 26.2 Å². The van der Waals surface area contributed by atoms with Crippen LogP contribution in [0.25, 0.3) is 0 Å². The maximum Gasteiger partial charge on any atom is 0.308 e. The van der Waals surface area contributed by atoms with Crippen molar-refractivity contribution in [1.29, 1.82) is 0 Å². The van der Waals surface area contributed by atoms with E-state index in [1.165, 1.54) is 0 Å². The SMILES string of the molecule is C=C(C#CCCC)CC(=O)O. The van der Waals surface area contributed by atoms with Crippen molar-refractivity contribution >= 4 is 5.97 Å². The summed E-state index contributed by atoms with van der Waals surface area (Å²) < 4.78 is 0. The standard InChI is InChI=1S/C9H12O2/c1-3-4-5-6-8(2)7-9(10)11/h2-4,7H2,1H3,(H,10,11). The van der Waals surface area contributed by atoms with Gasteiger partial charge in [-0.2, -0.15) is 0 Å². The molecule has 0 unspecified atom stereocenters. The molecule has 0 rings (SSSR count). The van der Waals surface area contributed by atoms with Crippen LogP contribution in [-0.4, -0.2) is 11.1 Å². The van der Waals surface area contributed by atoms with E-state index in [0.717, 1.165) is 12.8 Å². The highest BCUT2D eigenvalue weighted by Gasteiger charge is 1.96. The van der Waals surface area contributed by atoms with Crippen molar-refractivity contribution in [1.82, 2.24) is 0 Å². The largest absolute Gasteiger partial charge is 0.481 e. The van der Waals surface area contributed by atoms with Crippen LogP contribution in [0, 0.1) is 11.8 Å². The monoisotopic (exact) mass is 152 g/mol. The summed E-state index contributed by atoms with van der Waals surface area (Å²) in [5.74, 6) is 4.64. The van der Waals surface area contributed by atoms with Gasteiger partial charge in [0.2, 0.25) is 0 Å². The number of carboxylic acids is 1. The molecule has 0 aromatic heterocycles. The van der Waals surface area contributed by atoms with Crippen LogP contribution in [0.2, 0.25) is 0 Å². The third-order valence-corrected chi connectivity index (χ3v) is 1.00. The quantitative estimate of drug-likeness (QED) is 0.626. The Kier molecular flexibility index (Phi) is 4.93. The Balaban J connectivity index is 3.71. The minimum Gasteiger partial charge on any atom is -0.481 e. The summed E-state index contributed by atoms with van der Waals surface area (Å²) in [5, 5.41) is 8.31. The van der Waals surface area contributed by atoms with E-state index in [0.29, 0.717) is 5.57 Å². The normalized spacial score (nSPS) is 8.09. The number of aliphatic carboxylic acids is 1. The lowest BCUT2D eigenvalue weighted by Crippen LogP contribution is -1.94. The first kappa shape index (κ1) is 9.77. The van der Waals surface area contributed by atoms with Gasteiger partial charge in [0.25, 0.3) is 0 Å². The Morgan fingerprint density at radius 2 is 2.27 bits per heavy atom. The lowest BCUT2D eigenvalue weighted by molar-refractivity contribution is -0.136. The fraction of sp³-hybridized carbons (Fsp3) is 0.444. The van der Waals surface area contributed by atoms with Crippen LogP contribution >= 0.6 is 0 Å². The highest BCUT2D eigenvalue weighted by Crippen LogP contribution is 1.95. The molecule has 0 aliphatic rings. The van der Waals surface area contributed by atoms with E-state index < -0.39 is 5.97 Å². The predicted molar refractivity (Wildman–Crippen MR) is 44.1 cm³/mol. The number of rotatable bonds is 3. The van der Waals surface area contributed by atoms with Crippen molar-refractivity contribution in [3.05, 3.63) is 12.2 Å². The zero-order valence-electron chi connectivity index (χ0n) is 6.68. The van der Waals surface area contributed by atoms with Crippen molar-refractivity contribution in [2.24, 2.45) is 0 Å². The van der Waals surface area contributed by atoms with Gasteiger partial charge in [0.15, 0.2) is 0 Å². The first-order valence-corrected chi connectivity index (χ1v) is 3.55. The molecule has 1 N–H and O–H groups in total. The third-order valence-electron chi connectivity index (χ3n) is 1.00. The summed E-state index contributed by atoms with van der Waals surface area (Å²) in [6, 6.07) is 0. The van der Waals surface area contributed by atoms with Gasteiger partial charge in [-0.05, 0) is 6.42 Å². The number of hydrogen-bond acceptors (Lipinski definition) is 1. The molecule has 0 amide bonds. The lowest BCUT2D eigenvalue weighted by Gasteiger charge is -1.88. The van der Waals surface area contributed by atoms with E-state index >= 15 is 0 Å². The van der Waals surface area contributed by atoms with E-state index in [9.17, 15) is 4.79 Å². The van der Waals surface area contributed by atoms with Gasteiger partial charge in [-0.1, -0.05) is 25.3 Å². The van der Waals surface area contributed by atoms with Gasteiger partial charge in [-0.25, -0.2) is 0 Å². The Bertz CT molecular complexity index is 205. The van der Waals surface area contributed by atoms with Crippen LogP contribution < -0.4 is 0 Å². The second-order valence-electron chi connectivity index (χ2n) is 2.23. The van der Waals surface area contributed by atoms with Crippen LogP contribution in [0.5, 0.6) is 0 Å². The Hall–Kier alpha value is -1.23. The Labute approximate surface area is 66.9 Å². The molecule has 60 valence electrons. The molecule has 0 aromatic rings. The summed E-state index contributed by atoms with van der Waals surface area (Å²) in [6.07, 6.45) is 1.75. The minimum absolute atomic E-state index is 0.0449. The molecule has 0 atom stereocenters. The molecule has 0 bridgehead atoms. The van der Waals surface area contributed by atoms with Gasteiger partial charge >= 0.3 is 5.97 Å². The summed E-state index contributed by atoms with van der Waals surface area (Å²) >= 11 is 0. The van der Waals surface area contributed by atoms with Crippen molar-refractivity contribution in [3.8, 4) is 11.8 Å². The molecule has 0 aromatic carbocycles. The summed E-state index contributed by atoms with van der Waals surface area (Å²) in [7, 11) is 0. The van der Waals surface area contributed by atoms with Gasteiger partial charge in [0.1, 0.15) is 0 Å². The van der Waals surface area contributed by atoms with Crippen molar-refractivity contribution in [3.63, 3.8) is 0 Å². The van der Waals surface area contributed by atoms with Crippen molar-refractivity contribution < 1.29 is 9.90 Å². The van der Waals surface area contributed by atoms with Gasteiger partial charge in [0, 0.05) is 12.0 Å².